The SMILES string of the molecule is O=C(Cn1cnc2c(nnn2Cc2cccc(C(F)(F)F)c2)c1=O)Nc1ccc(C(F)(F)F)cc1. The lowest BCUT2D eigenvalue weighted by atomic mass is 10.1. The molecule has 2 aromatic carbocycles. The summed E-state index contributed by atoms with van der Waals surface area (Å²) in [6, 6.07) is 8.32. The lowest BCUT2D eigenvalue weighted by Crippen LogP contribution is -2.28. The lowest BCUT2D eigenvalue weighted by molar-refractivity contribution is -0.138. The number of rotatable bonds is 5. The number of fused-ring (bicyclic) bond motifs is 1. The van der Waals surface area contributed by atoms with Crippen LogP contribution in [0.1, 0.15) is 16.7 Å². The Hall–Kier alpha value is -4.23. The van der Waals surface area contributed by atoms with Crippen LogP contribution in [0, 0.1) is 0 Å². The molecule has 0 fully saturated rings. The van der Waals surface area contributed by atoms with Crippen molar-refractivity contribution in [2.75, 3.05) is 5.32 Å². The van der Waals surface area contributed by atoms with E-state index in [-0.39, 0.29) is 29.0 Å². The number of hydrogen-bond acceptors (Lipinski definition) is 5. The fourth-order valence-electron chi connectivity index (χ4n) is 3.22. The third-order valence-corrected chi connectivity index (χ3v) is 4.89. The van der Waals surface area contributed by atoms with Crippen LogP contribution in [0.15, 0.2) is 59.7 Å². The van der Waals surface area contributed by atoms with Crippen molar-refractivity contribution in [3.8, 4) is 0 Å². The number of aromatic nitrogens is 5. The molecule has 0 saturated heterocycles. The highest BCUT2D eigenvalue weighted by atomic mass is 19.4. The van der Waals surface area contributed by atoms with E-state index in [4.69, 9.17) is 0 Å². The largest absolute Gasteiger partial charge is 0.416 e. The minimum atomic E-state index is -4.52. The molecule has 0 atom stereocenters. The highest BCUT2D eigenvalue weighted by Gasteiger charge is 2.31. The van der Waals surface area contributed by atoms with Crippen molar-refractivity contribution in [2.24, 2.45) is 0 Å². The number of anilines is 1. The average molecular weight is 496 g/mol. The Balaban J connectivity index is 1.50. The first-order chi connectivity index (χ1) is 16.4. The Bertz CT molecular complexity index is 1440. The molecule has 0 bridgehead atoms. The molecule has 182 valence electrons. The average Bonchev–Trinajstić information content (AvgIpc) is 3.18. The van der Waals surface area contributed by atoms with Gasteiger partial charge in [-0.2, -0.15) is 26.3 Å². The number of alkyl halides is 6. The normalized spacial score (nSPS) is 12.2. The second kappa shape index (κ2) is 8.85. The second-order valence-electron chi connectivity index (χ2n) is 7.42. The van der Waals surface area contributed by atoms with Crippen LogP contribution >= 0.6 is 0 Å². The number of amides is 1. The van der Waals surface area contributed by atoms with Crippen LogP contribution < -0.4 is 10.9 Å². The summed E-state index contributed by atoms with van der Waals surface area (Å²) in [6.07, 6.45) is -7.99. The first-order valence-corrected chi connectivity index (χ1v) is 9.84. The van der Waals surface area contributed by atoms with E-state index in [1.54, 1.807) is 0 Å². The smallest absolute Gasteiger partial charge is 0.325 e. The van der Waals surface area contributed by atoms with Gasteiger partial charge in [0, 0.05) is 5.69 Å². The van der Waals surface area contributed by atoms with Crippen molar-refractivity contribution in [2.45, 2.75) is 25.4 Å². The van der Waals surface area contributed by atoms with Gasteiger partial charge in [0.1, 0.15) is 12.9 Å². The van der Waals surface area contributed by atoms with Crippen LogP contribution in [0.5, 0.6) is 0 Å². The molecule has 0 saturated carbocycles. The fraction of sp³-hybridized carbons (Fsp3) is 0.190. The van der Waals surface area contributed by atoms with Gasteiger partial charge in [-0.3, -0.25) is 14.2 Å². The molecule has 4 rings (SSSR count). The maximum Gasteiger partial charge on any atom is 0.416 e. The molecular weight excluding hydrogens is 482 g/mol. The number of benzene rings is 2. The van der Waals surface area contributed by atoms with Gasteiger partial charge >= 0.3 is 12.4 Å². The Labute approximate surface area is 191 Å². The summed E-state index contributed by atoms with van der Waals surface area (Å²) < 4.78 is 78.8. The summed E-state index contributed by atoms with van der Waals surface area (Å²) in [5.74, 6) is -0.704. The van der Waals surface area contributed by atoms with E-state index in [1.165, 1.54) is 12.1 Å². The monoisotopic (exact) mass is 496 g/mol. The van der Waals surface area contributed by atoms with Crippen LogP contribution in [-0.4, -0.2) is 30.5 Å². The molecule has 14 heteroatoms. The number of nitrogens with one attached hydrogen (secondary N) is 1. The Morgan fingerprint density at radius 2 is 1.63 bits per heavy atom. The fourth-order valence-corrected chi connectivity index (χ4v) is 3.22. The van der Waals surface area contributed by atoms with Crippen LogP contribution in [0.25, 0.3) is 11.2 Å². The molecular formula is C21H14F6N6O2. The third-order valence-electron chi connectivity index (χ3n) is 4.89. The maximum absolute atomic E-state index is 12.9. The van der Waals surface area contributed by atoms with E-state index in [2.05, 4.69) is 20.6 Å². The number of carbonyl (C=O) groups is 1. The van der Waals surface area contributed by atoms with Crippen molar-refractivity contribution in [1.29, 1.82) is 0 Å². The molecule has 2 heterocycles. The van der Waals surface area contributed by atoms with Crippen molar-refractivity contribution in [1.82, 2.24) is 24.5 Å². The maximum atomic E-state index is 12.9. The van der Waals surface area contributed by atoms with Gasteiger partial charge in [0.15, 0.2) is 11.2 Å². The molecule has 0 radical (unpaired) electrons. The van der Waals surface area contributed by atoms with Crippen LogP contribution in [0.2, 0.25) is 0 Å². The predicted molar refractivity (Wildman–Crippen MR) is 110 cm³/mol. The number of nitrogens with zero attached hydrogens (tertiary/aromatic N) is 5. The van der Waals surface area contributed by atoms with Gasteiger partial charge in [0.05, 0.1) is 17.7 Å². The molecule has 0 spiro atoms. The van der Waals surface area contributed by atoms with Gasteiger partial charge in [-0.15, -0.1) is 5.10 Å². The van der Waals surface area contributed by atoms with E-state index in [9.17, 15) is 35.9 Å². The highest BCUT2D eigenvalue weighted by molar-refractivity contribution is 5.90. The molecule has 0 aliphatic heterocycles. The van der Waals surface area contributed by atoms with Gasteiger partial charge in [0.2, 0.25) is 5.91 Å². The second-order valence-corrected chi connectivity index (χ2v) is 7.42. The third kappa shape index (κ3) is 5.31. The first kappa shape index (κ1) is 23.9. The van der Waals surface area contributed by atoms with Crippen LogP contribution in [0.3, 0.4) is 0 Å². The van der Waals surface area contributed by atoms with E-state index in [0.29, 0.717) is 0 Å². The predicted octanol–water partition coefficient (Wildman–Crippen LogP) is 3.71. The number of carbonyl (C=O) groups excluding carboxylic acids is 1. The topological polar surface area (TPSA) is 94.7 Å². The molecule has 2 aromatic heterocycles. The Kier molecular flexibility index (Phi) is 6.05. The zero-order chi connectivity index (χ0) is 25.4. The van der Waals surface area contributed by atoms with Crippen molar-refractivity contribution in [3.63, 3.8) is 0 Å². The Morgan fingerprint density at radius 1 is 0.943 bits per heavy atom. The minimum Gasteiger partial charge on any atom is -0.325 e. The van der Waals surface area contributed by atoms with E-state index < -0.39 is 41.5 Å². The van der Waals surface area contributed by atoms with Crippen molar-refractivity contribution < 1.29 is 31.1 Å². The first-order valence-electron chi connectivity index (χ1n) is 9.84. The Morgan fingerprint density at radius 3 is 2.29 bits per heavy atom. The zero-order valence-electron chi connectivity index (χ0n) is 17.4. The highest BCUT2D eigenvalue weighted by Crippen LogP contribution is 2.30. The lowest BCUT2D eigenvalue weighted by Gasteiger charge is -2.10. The zero-order valence-corrected chi connectivity index (χ0v) is 17.4. The molecule has 4 aromatic rings. The molecule has 0 aliphatic rings. The summed E-state index contributed by atoms with van der Waals surface area (Å²) in [4.78, 5) is 29.0. The van der Waals surface area contributed by atoms with Gasteiger partial charge in [-0.1, -0.05) is 17.3 Å². The summed E-state index contributed by atoms with van der Waals surface area (Å²) >= 11 is 0. The van der Waals surface area contributed by atoms with E-state index in [1.807, 2.05) is 0 Å². The summed E-state index contributed by atoms with van der Waals surface area (Å²) in [5, 5.41) is 9.88. The molecule has 35 heavy (non-hydrogen) atoms. The standard InChI is InChI=1S/C21H14F6N6O2/c22-20(23,24)13-4-6-15(7-5-13)29-16(34)10-32-11-28-18-17(19(32)35)30-31-33(18)9-12-2-1-3-14(8-12)21(25,26)27/h1-8,11H,9-10H2,(H,29,34). The van der Waals surface area contributed by atoms with Gasteiger partial charge in [-0.05, 0) is 42.0 Å². The van der Waals surface area contributed by atoms with E-state index in [0.717, 1.165) is 52.0 Å². The molecule has 1 amide bonds. The number of hydrogen-bond donors (Lipinski definition) is 1. The molecule has 1 N–H and O–H groups in total. The van der Waals surface area contributed by atoms with Crippen LogP contribution in [-0.2, 0) is 30.2 Å². The quantitative estimate of drug-likeness (QED) is 0.425. The summed E-state index contributed by atoms with van der Waals surface area (Å²) in [6.45, 7) is -0.644. The summed E-state index contributed by atoms with van der Waals surface area (Å²) in [5.41, 5.74) is -2.30. The summed E-state index contributed by atoms with van der Waals surface area (Å²) in [7, 11) is 0. The molecule has 0 unspecified atom stereocenters. The van der Waals surface area contributed by atoms with Gasteiger partial charge in [0.25, 0.3) is 5.56 Å². The minimum absolute atomic E-state index is 0.00630. The molecule has 8 nitrogen and oxygen atoms in total. The number of halogens is 6. The van der Waals surface area contributed by atoms with Crippen molar-refractivity contribution >= 4 is 22.8 Å². The van der Waals surface area contributed by atoms with E-state index >= 15 is 0 Å². The van der Waals surface area contributed by atoms with Gasteiger partial charge in [-0.25, -0.2) is 9.67 Å². The van der Waals surface area contributed by atoms with Gasteiger partial charge < -0.3 is 5.32 Å². The van der Waals surface area contributed by atoms with Crippen molar-refractivity contribution in [3.05, 3.63) is 81.9 Å². The van der Waals surface area contributed by atoms with Crippen LogP contribution in [0.4, 0.5) is 32.0 Å². The molecule has 0 aliphatic carbocycles.